The van der Waals surface area contributed by atoms with E-state index in [1.165, 1.54) is 25.9 Å². The van der Waals surface area contributed by atoms with Gasteiger partial charge in [-0.2, -0.15) is 0 Å². The van der Waals surface area contributed by atoms with Gasteiger partial charge < -0.3 is 20.1 Å². The third kappa shape index (κ3) is 3.87. The summed E-state index contributed by atoms with van der Waals surface area (Å²) in [5, 5.41) is 13.6. The van der Waals surface area contributed by atoms with E-state index in [-0.39, 0.29) is 6.04 Å². The Bertz CT molecular complexity index is 428. The van der Waals surface area contributed by atoms with Gasteiger partial charge in [-0.25, -0.2) is 0 Å². The van der Waals surface area contributed by atoms with E-state index in [4.69, 9.17) is 4.74 Å². The SMILES string of the molecule is COc1ccc(C(C)NCC2CCN(C)CC2)c(O)c1. The number of benzene rings is 1. The lowest BCUT2D eigenvalue weighted by Gasteiger charge is -2.30. The van der Waals surface area contributed by atoms with Gasteiger partial charge in [-0.1, -0.05) is 6.07 Å². The second-order valence-corrected chi connectivity index (χ2v) is 5.80. The van der Waals surface area contributed by atoms with Crippen molar-refractivity contribution >= 4 is 0 Å². The monoisotopic (exact) mass is 278 g/mol. The molecule has 0 bridgehead atoms. The van der Waals surface area contributed by atoms with Crippen LogP contribution in [0.2, 0.25) is 0 Å². The molecule has 1 unspecified atom stereocenters. The van der Waals surface area contributed by atoms with Crippen molar-refractivity contribution in [2.75, 3.05) is 33.8 Å². The van der Waals surface area contributed by atoms with Gasteiger partial charge in [0.15, 0.2) is 0 Å². The number of piperidine rings is 1. The Kier molecular flexibility index (Phi) is 5.26. The van der Waals surface area contributed by atoms with Crippen LogP contribution in [0.5, 0.6) is 11.5 Å². The molecule has 1 aliphatic rings. The lowest BCUT2D eigenvalue weighted by atomic mass is 9.96. The third-order valence-corrected chi connectivity index (χ3v) is 4.25. The van der Waals surface area contributed by atoms with Crippen molar-refractivity contribution in [3.8, 4) is 11.5 Å². The molecule has 1 aliphatic heterocycles. The summed E-state index contributed by atoms with van der Waals surface area (Å²) in [4.78, 5) is 2.38. The van der Waals surface area contributed by atoms with Crippen molar-refractivity contribution < 1.29 is 9.84 Å². The number of nitrogens with zero attached hydrogens (tertiary/aromatic N) is 1. The molecule has 0 aromatic heterocycles. The van der Waals surface area contributed by atoms with E-state index >= 15 is 0 Å². The fraction of sp³-hybridized carbons (Fsp3) is 0.625. The van der Waals surface area contributed by atoms with Gasteiger partial charge in [-0.15, -0.1) is 0 Å². The molecule has 20 heavy (non-hydrogen) atoms. The number of methoxy groups -OCH3 is 1. The Morgan fingerprint density at radius 3 is 2.70 bits per heavy atom. The number of phenols is 1. The van der Waals surface area contributed by atoms with Crippen LogP contribution < -0.4 is 10.1 Å². The highest BCUT2D eigenvalue weighted by Gasteiger charge is 2.18. The molecule has 0 spiro atoms. The van der Waals surface area contributed by atoms with Crippen LogP contribution in [0.25, 0.3) is 0 Å². The Balaban J connectivity index is 1.87. The fourth-order valence-corrected chi connectivity index (χ4v) is 2.74. The zero-order valence-corrected chi connectivity index (χ0v) is 12.7. The summed E-state index contributed by atoms with van der Waals surface area (Å²) < 4.78 is 5.11. The normalized spacial score (nSPS) is 18.9. The molecule has 1 atom stereocenters. The van der Waals surface area contributed by atoms with Gasteiger partial charge in [0.2, 0.25) is 0 Å². The van der Waals surface area contributed by atoms with E-state index < -0.39 is 0 Å². The number of likely N-dealkylation sites (tertiary alicyclic amines) is 1. The highest BCUT2D eigenvalue weighted by molar-refractivity contribution is 5.41. The van der Waals surface area contributed by atoms with Crippen LogP contribution in [0, 0.1) is 5.92 Å². The zero-order chi connectivity index (χ0) is 14.5. The first-order valence-corrected chi connectivity index (χ1v) is 7.39. The Labute approximate surface area is 121 Å². The summed E-state index contributed by atoms with van der Waals surface area (Å²) >= 11 is 0. The number of ether oxygens (including phenoxy) is 1. The number of hydrogen-bond donors (Lipinski definition) is 2. The summed E-state index contributed by atoms with van der Waals surface area (Å²) in [6.07, 6.45) is 2.51. The average molecular weight is 278 g/mol. The number of hydrogen-bond acceptors (Lipinski definition) is 4. The number of rotatable bonds is 5. The van der Waals surface area contributed by atoms with Crippen LogP contribution in [0.1, 0.15) is 31.4 Å². The topological polar surface area (TPSA) is 44.7 Å². The number of nitrogens with one attached hydrogen (secondary N) is 1. The summed E-state index contributed by atoms with van der Waals surface area (Å²) in [5.74, 6) is 1.73. The van der Waals surface area contributed by atoms with Gasteiger partial charge in [0.25, 0.3) is 0 Å². The molecule has 1 fully saturated rings. The van der Waals surface area contributed by atoms with Crippen molar-refractivity contribution in [1.29, 1.82) is 0 Å². The molecule has 1 aromatic carbocycles. The predicted octanol–water partition coefficient (Wildman–Crippen LogP) is 2.39. The average Bonchev–Trinajstić information content (AvgIpc) is 2.46. The maximum atomic E-state index is 10.0. The van der Waals surface area contributed by atoms with Crippen LogP contribution in [0.3, 0.4) is 0 Å². The first-order chi connectivity index (χ1) is 9.60. The van der Waals surface area contributed by atoms with Crippen LogP contribution in [-0.2, 0) is 0 Å². The summed E-state index contributed by atoms with van der Waals surface area (Å²) in [7, 11) is 3.79. The van der Waals surface area contributed by atoms with Crippen LogP contribution in [0.4, 0.5) is 0 Å². The molecule has 1 heterocycles. The quantitative estimate of drug-likeness (QED) is 0.868. The highest BCUT2D eigenvalue weighted by atomic mass is 16.5. The standard InChI is InChI=1S/C16H26N2O2/c1-12(15-5-4-14(20-3)10-16(15)19)17-11-13-6-8-18(2)9-7-13/h4-5,10,12-13,17,19H,6-9,11H2,1-3H3. The molecule has 2 N–H and O–H groups in total. The van der Waals surface area contributed by atoms with Gasteiger partial charge in [-0.05, 0) is 58.4 Å². The lowest BCUT2D eigenvalue weighted by molar-refractivity contribution is 0.213. The summed E-state index contributed by atoms with van der Waals surface area (Å²) in [5.41, 5.74) is 0.929. The second kappa shape index (κ2) is 6.95. The van der Waals surface area contributed by atoms with E-state index in [2.05, 4.69) is 24.2 Å². The van der Waals surface area contributed by atoms with E-state index in [0.717, 1.165) is 18.0 Å². The van der Waals surface area contributed by atoms with Crippen LogP contribution >= 0.6 is 0 Å². The molecule has 4 nitrogen and oxygen atoms in total. The van der Waals surface area contributed by atoms with Crippen molar-refractivity contribution in [3.05, 3.63) is 23.8 Å². The van der Waals surface area contributed by atoms with Crippen molar-refractivity contribution in [2.24, 2.45) is 5.92 Å². The van der Waals surface area contributed by atoms with Crippen molar-refractivity contribution in [1.82, 2.24) is 10.2 Å². The van der Waals surface area contributed by atoms with Gasteiger partial charge in [0.05, 0.1) is 7.11 Å². The highest BCUT2D eigenvalue weighted by Crippen LogP contribution is 2.28. The minimum absolute atomic E-state index is 0.153. The molecule has 1 aromatic rings. The molecular weight excluding hydrogens is 252 g/mol. The van der Waals surface area contributed by atoms with Crippen LogP contribution in [-0.4, -0.2) is 43.8 Å². The lowest BCUT2D eigenvalue weighted by Crippen LogP contribution is -2.35. The van der Waals surface area contributed by atoms with Crippen molar-refractivity contribution in [3.63, 3.8) is 0 Å². The Hall–Kier alpha value is -1.26. The third-order valence-electron chi connectivity index (χ3n) is 4.25. The predicted molar refractivity (Wildman–Crippen MR) is 81.3 cm³/mol. The maximum Gasteiger partial charge on any atom is 0.124 e. The van der Waals surface area contributed by atoms with E-state index in [1.807, 2.05) is 12.1 Å². The first kappa shape index (κ1) is 15.1. The molecule has 0 radical (unpaired) electrons. The molecule has 0 aliphatic carbocycles. The Morgan fingerprint density at radius 2 is 2.10 bits per heavy atom. The molecule has 112 valence electrons. The zero-order valence-electron chi connectivity index (χ0n) is 12.7. The smallest absolute Gasteiger partial charge is 0.124 e. The molecule has 0 saturated carbocycles. The van der Waals surface area contributed by atoms with Gasteiger partial charge >= 0.3 is 0 Å². The summed E-state index contributed by atoms with van der Waals surface area (Å²) in [6, 6.07) is 5.65. The first-order valence-electron chi connectivity index (χ1n) is 7.39. The van der Waals surface area contributed by atoms with Gasteiger partial charge in [0, 0.05) is 17.7 Å². The molecule has 0 amide bonds. The molecular formula is C16H26N2O2. The largest absolute Gasteiger partial charge is 0.507 e. The second-order valence-electron chi connectivity index (χ2n) is 5.80. The minimum Gasteiger partial charge on any atom is -0.507 e. The van der Waals surface area contributed by atoms with E-state index in [1.54, 1.807) is 13.2 Å². The number of phenolic OH excluding ortho intramolecular Hbond substituents is 1. The van der Waals surface area contributed by atoms with E-state index in [9.17, 15) is 5.11 Å². The Morgan fingerprint density at radius 1 is 1.40 bits per heavy atom. The van der Waals surface area contributed by atoms with Gasteiger partial charge in [-0.3, -0.25) is 0 Å². The van der Waals surface area contributed by atoms with Crippen LogP contribution in [0.15, 0.2) is 18.2 Å². The van der Waals surface area contributed by atoms with E-state index in [0.29, 0.717) is 11.5 Å². The van der Waals surface area contributed by atoms with Gasteiger partial charge in [0.1, 0.15) is 11.5 Å². The number of aromatic hydroxyl groups is 1. The summed E-state index contributed by atoms with van der Waals surface area (Å²) in [6.45, 7) is 5.49. The fourth-order valence-electron chi connectivity index (χ4n) is 2.74. The molecule has 2 rings (SSSR count). The molecule has 1 saturated heterocycles. The minimum atomic E-state index is 0.153. The maximum absolute atomic E-state index is 10.0. The molecule has 4 heteroatoms. The van der Waals surface area contributed by atoms with Crippen molar-refractivity contribution in [2.45, 2.75) is 25.8 Å².